The molecule has 0 saturated carbocycles. The summed E-state index contributed by atoms with van der Waals surface area (Å²) < 4.78 is 32.3. The van der Waals surface area contributed by atoms with E-state index in [-0.39, 0.29) is 23.3 Å². The van der Waals surface area contributed by atoms with Crippen LogP contribution in [-0.4, -0.2) is 57.3 Å². The van der Waals surface area contributed by atoms with Gasteiger partial charge in [0.25, 0.3) is 0 Å². The minimum atomic E-state index is -3.81. The smallest absolute Gasteiger partial charge is 0.246 e. The molecule has 140 valence electrons. The van der Waals surface area contributed by atoms with Crippen LogP contribution in [0.4, 0.5) is 0 Å². The van der Waals surface area contributed by atoms with Crippen molar-refractivity contribution >= 4 is 15.9 Å². The zero-order chi connectivity index (χ0) is 18.6. The van der Waals surface area contributed by atoms with Crippen molar-refractivity contribution in [1.82, 2.24) is 9.21 Å². The molecule has 1 aliphatic heterocycles. The molecule has 1 saturated heterocycles. The second-order valence-electron chi connectivity index (χ2n) is 6.77. The van der Waals surface area contributed by atoms with Crippen LogP contribution in [0, 0.1) is 0 Å². The van der Waals surface area contributed by atoms with Crippen LogP contribution in [0.15, 0.2) is 23.1 Å². The Labute approximate surface area is 150 Å². The standard InChI is InChI=1S/C18H28N2O4S/c1-14(2)15-8-9-16(24-4)17(12-15)25(22,23)19(3)13-18(21)20-10-6-5-7-11-20/h8-9,12,14H,5-7,10-11,13H2,1-4H3. The monoisotopic (exact) mass is 368 g/mol. The summed E-state index contributed by atoms with van der Waals surface area (Å²) in [7, 11) is -0.921. The lowest BCUT2D eigenvalue weighted by molar-refractivity contribution is -0.132. The van der Waals surface area contributed by atoms with Crippen LogP contribution in [-0.2, 0) is 14.8 Å². The lowest BCUT2D eigenvalue weighted by Crippen LogP contribution is -2.43. The third-order valence-electron chi connectivity index (χ3n) is 4.61. The fraction of sp³-hybridized carbons (Fsp3) is 0.611. The highest BCUT2D eigenvalue weighted by Gasteiger charge is 2.29. The Morgan fingerprint density at radius 1 is 1.24 bits per heavy atom. The number of carbonyl (C=O) groups excluding carboxylic acids is 1. The average molecular weight is 368 g/mol. The first-order valence-corrected chi connectivity index (χ1v) is 10.1. The number of hydrogen-bond donors (Lipinski definition) is 0. The fourth-order valence-corrected chi connectivity index (χ4v) is 4.25. The van der Waals surface area contributed by atoms with E-state index in [0.29, 0.717) is 18.8 Å². The lowest BCUT2D eigenvalue weighted by atomic mass is 10.0. The van der Waals surface area contributed by atoms with Crippen molar-refractivity contribution in [3.05, 3.63) is 23.8 Å². The molecule has 0 N–H and O–H groups in total. The summed E-state index contributed by atoms with van der Waals surface area (Å²) in [4.78, 5) is 14.3. The van der Waals surface area contributed by atoms with Gasteiger partial charge in [-0.05, 0) is 42.9 Å². The number of amides is 1. The van der Waals surface area contributed by atoms with Crippen molar-refractivity contribution in [1.29, 1.82) is 0 Å². The SMILES string of the molecule is COc1ccc(C(C)C)cc1S(=O)(=O)N(C)CC(=O)N1CCCCC1. The quantitative estimate of drug-likeness (QED) is 0.773. The predicted octanol–water partition coefficient (Wildman–Crippen LogP) is 2.45. The number of sulfonamides is 1. The summed E-state index contributed by atoms with van der Waals surface area (Å²) in [6.45, 7) is 5.26. The topological polar surface area (TPSA) is 66.9 Å². The van der Waals surface area contributed by atoms with E-state index in [2.05, 4.69) is 0 Å². The number of hydrogen-bond acceptors (Lipinski definition) is 4. The van der Waals surface area contributed by atoms with E-state index < -0.39 is 10.0 Å². The molecule has 1 heterocycles. The Bertz CT molecular complexity index is 710. The number of benzene rings is 1. The molecule has 1 aliphatic rings. The van der Waals surface area contributed by atoms with Gasteiger partial charge in [-0.15, -0.1) is 0 Å². The summed E-state index contributed by atoms with van der Waals surface area (Å²) in [5.74, 6) is 0.339. The number of carbonyl (C=O) groups is 1. The van der Waals surface area contributed by atoms with Crippen LogP contribution in [0.5, 0.6) is 5.75 Å². The van der Waals surface area contributed by atoms with Crippen molar-refractivity contribution in [2.45, 2.75) is 43.9 Å². The summed E-state index contributed by atoms with van der Waals surface area (Å²) in [6, 6.07) is 5.17. The molecule has 2 rings (SSSR count). The van der Waals surface area contributed by atoms with Crippen molar-refractivity contribution in [2.75, 3.05) is 33.8 Å². The molecule has 7 heteroatoms. The third-order valence-corrected chi connectivity index (χ3v) is 6.43. The van der Waals surface area contributed by atoms with E-state index in [1.165, 1.54) is 14.2 Å². The molecule has 1 amide bonds. The van der Waals surface area contributed by atoms with Gasteiger partial charge < -0.3 is 9.64 Å². The molecule has 1 aromatic rings. The Morgan fingerprint density at radius 3 is 2.44 bits per heavy atom. The Morgan fingerprint density at radius 2 is 1.88 bits per heavy atom. The van der Waals surface area contributed by atoms with Crippen molar-refractivity contribution in [3.63, 3.8) is 0 Å². The fourth-order valence-electron chi connectivity index (χ4n) is 2.94. The molecule has 0 bridgehead atoms. The largest absolute Gasteiger partial charge is 0.495 e. The highest BCUT2D eigenvalue weighted by atomic mass is 32.2. The maximum Gasteiger partial charge on any atom is 0.246 e. The molecule has 0 unspecified atom stereocenters. The first kappa shape index (κ1) is 19.7. The van der Waals surface area contributed by atoms with Crippen LogP contribution >= 0.6 is 0 Å². The highest BCUT2D eigenvalue weighted by molar-refractivity contribution is 7.89. The zero-order valence-corrected chi connectivity index (χ0v) is 16.3. The van der Waals surface area contributed by atoms with Gasteiger partial charge in [0, 0.05) is 20.1 Å². The van der Waals surface area contributed by atoms with Crippen molar-refractivity contribution in [2.24, 2.45) is 0 Å². The van der Waals surface area contributed by atoms with Gasteiger partial charge in [0.05, 0.1) is 13.7 Å². The molecule has 6 nitrogen and oxygen atoms in total. The van der Waals surface area contributed by atoms with Gasteiger partial charge in [-0.3, -0.25) is 4.79 Å². The van der Waals surface area contributed by atoms with Gasteiger partial charge in [0.2, 0.25) is 15.9 Å². The number of likely N-dealkylation sites (tertiary alicyclic amines) is 1. The molecular weight excluding hydrogens is 340 g/mol. The first-order valence-electron chi connectivity index (χ1n) is 8.69. The zero-order valence-electron chi connectivity index (χ0n) is 15.5. The Balaban J connectivity index is 2.24. The van der Waals surface area contributed by atoms with Crippen LogP contribution in [0.3, 0.4) is 0 Å². The molecule has 25 heavy (non-hydrogen) atoms. The second kappa shape index (κ2) is 8.19. The van der Waals surface area contributed by atoms with Gasteiger partial charge in [0.1, 0.15) is 10.6 Å². The molecule has 0 aliphatic carbocycles. The minimum absolute atomic E-state index is 0.107. The van der Waals surface area contributed by atoms with Gasteiger partial charge in [-0.2, -0.15) is 4.31 Å². The maximum atomic E-state index is 13.0. The van der Waals surface area contributed by atoms with Crippen LogP contribution in [0.2, 0.25) is 0 Å². The van der Waals surface area contributed by atoms with E-state index in [1.54, 1.807) is 17.0 Å². The highest BCUT2D eigenvalue weighted by Crippen LogP contribution is 2.30. The van der Waals surface area contributed by atoms with Crippen LogP contribution < -0.4 is 4.74 Å². The third kappa shape index (κ3) is 4.52. The van der Waals surface area contributed by atoms with Gasteiger partial charge in [-0.1, -0.05) is 19.9 Å². The maximum absolute atomic E-state index is 13.0. The number of likely N-dealkylation sites (N-methyl/N-ethyl adjacent to an activating group) is 1. The summed E-state index contributed by atoms with van der Waals surface area (Å²) in [5.41, 5.74) is 0.912. The van der Waals surface area contributed by atoms with E-state index in [9.17, 15) is 13.2 Å². The molecule has 0 radical (unpaired) electrons. The summed E-state index contributed by atoms with van der Waals surface area (Å²) in [5, 5.41) is 0. The van der Waals surface area contributed by atoms with Gasteiger partial charge in [0.15, 0.2) is 0 Å². The van der Waals surface area contributed by atoms with E-state index in [1.807, 2.05) is 19.9 Å². The molecular formula is C18H28N2O4S. The Kier molecular flexibility index (Phi) is 6.46. The molecule has 1 aromatic carbocycles. The van der Waals surface area contributed by atoms with E-state index in [0.717, 1.165) is 29.1 Å². The number of rotatable bonds is 6. The van der Waals surface area contributed by atoms with Crippen molar-refractivity contribution in [3.8, 4) is 5.75 Å². The first-order chi connectivity index (χ1) is 11.8. The summed E-state index contributed by atoms with van der Waals surface area (Å²) in [6.07, 6.45) is 3.08. The van der Waals surface area contributed by atoms with Gasteiger partial charge >= 0.3 is 0 Å². The normalized spacial score (nSPS) is 15.7. The number of methoxy groups -OCH3 is 1. The van der Waals surface area contributed by atoms with Crippen LogP contribution in [0.1, 0.15) is 44.6 Å². The predicted molar refractivity (Wildman–Crippen MR) is 97.3 cm³/mol. The minimum Gasteiger partial charge on any atom is -0.495 e. The van der Waals surface area contributed by atoms with Crippen molar-refractivity contribution < 1.29 is 17.9 Å². The number of piperidine rings is 1. The molecule has 0 spiro atoms. The van der Waals surface area contributed by atoms with E-state index in [4.69, 9.17) is 4.74 Å². The lowest BCUT2D eigenvalue weighted by Gasteiger charge is -2.28. The van der Waals surface area contributed by atoms with Gasteiger partial charge in [-0.25, -0.2) is 8.42 Å². The second-order valence-corrected chi connectivity index (χ2v) is 8.78. The molecule has 0 atom stereocenters. The van der Waals surface area contributed by atoms with E-state index >= 15 is 0 Å². The molecule has 1 fully saturated rings. The number of nitrogens with zero attached hydrogens (tertiary/aromatic N) is 2. The van der Waals surface area contributed by atoms with Crippen LogP contribution in [0.25, 0.3) is 0 Å². The average Bonchev–Trinajstić information content (AvgIpc) is 2.61. The Hall–Kier alpha value is -1.60. The molecule has 0 aromatic heterocycles. The number of ether oxygens (including phenoxy) is 1. The summed E-state index contributed by atoms with van der Waals surface area (Å²) >= 11 is 0.